The van der Waals surface area contributed by atoms with E-state index in [-0.39, 0.29) is 30.7 Å². The summed E-state index contributed by atoms with van der Waals surface area (Å²) < 4.78 is 0. The van der Waals surface area contributed by atoms with Gasteiger partial charge in [-0.25, -0.2) is 0 Å². The number of nitrogens with one attached hydrogen (secondary N) is 1. The summed E-state index contributed by atoms with van der Waals surface area (Å²) in [7, 11) is 0. The number of carbonyl (C=O) groups excluding carboxylic acids is 1. The Morgan fingerprint density at radius 2 is 1.79 bits per heavy atom. The molecule has 0 saturated heterocycles. The normalized spacial score (nSPS) is 19.4. The molecule has 6 heteroatoms. The summed E-state index contributed by atoms with van der Waals surface area (Å²) in [6.07, 6.45) is 6.12. The molecule has 1 fully saturated rings. The molecule has 1 heterocycles. The van der Waals surface area contributed by atoms with Gasteiger partial charge in [0.2, 0.25) is 5.91 Å². The molecule has 3 N–H and O–H groups in total. The van der Waals surface area contributed by atoms with Crippen molar-refractivity contribution < 1.29 is 4.79 Å². The number of fused-ring (bicyclic) bond motifs is 1. The predicted molar refractivity (Wildman–Crippen MR) is 103 cm³/mol. The third kappa shape index (κ3) is 5.09. The van der Waals surface area contributed by atoms with E-state index < -0.39 is 5.54 Å². The second-order valence-electron chi connectivity index (χ2n) is 6.77. The number of hydrogen-bond acceptors (Lipinski definition) is 3. The molecule has 0 bridgehead atoms. The number of benzene rings is 1. The molecule has 1 aromatic carbocycles. The minimum Gasteiger partial charge on any atom is -0.353 e. The Morgan fingerprint density at radius 1 is 1.12 bits per heavy atom. The number of amides is 1. The third-order valence-corrected chi connectivity index (χ3v) is 5.12. The average Bonchev–Trinajstić information content (AvgIpc) is 2.55. The summed E-state index contributed by atoms with van der Waals surface area (Å²) in [6.45, 7) is 3.65. The van der Waals surface area contributed by atoms with Crippen molar-refractivity contribution in [3.8, 4) is 0 Å². The van der Waals surface area contributed by atoms with Crippen molar-refractivity contribution in [2.24, 2.45) is 5.73 Å². The number of hydrogen-bond donors (Lipinski definition) is 2. The first-order valence-corrected chi connectivity index (χ1v) is 8.54. The SMILES string of the molecule is Cl.Cl.NC1(C(=O)NCCN2CCc3ccccc3C2)CCCCC1. The summed E-state index contributed by atoms with van der Waals surface area (Å²) in [5.74, 6) is 0.0459. The molecular formula is C18H29Cl2N3O. The standard InChI is InChI=1S/C18H27N3O.2ClH/c19-18(9-4-1-5-10-18)17(22)20-11-13-21-12-8-15-6-2-3-7-16(15)14-21;;/h2-3,6-7H,1,4-5,8-14,19H2,(H,20,22);2*1H. The lowest BCUT2D eigenvalue weighted by molar-refractivity contribution is -0.127. The maximum Gasteiger partial charge on any atom is 0.240 e. The Hall–Kier alpha value is -0.810. The zero-order valence-corrected chi connectivity index (χ0v) is 15.8. The van der Waals surface area contributed by atoms with Crippen molar-refractivity contribution in [1.82, 2.24) is 10.2 Å². The molecule has 1 saturated carbocycles. The van der Waals surface area contributed by atoms with Crippen molar-refractivity contribution in [2.75, 3.05) is 19.6 Å². The Balaban J connectivity index is 0.00000144. The molecule has 0 atom stereocenters. The molecule has 0 spiro atoms. The molecule has 4 nitrogen and oxygen atoms in total. The van der Waals surface area contributed by atoms with Gasteiger partial charge in [-0.1, -0.05) is 43.5 Å². The smallest absolute Gasteiger partial charge is 0.240 e. The molecule has 1 aromatic rings. The minimum absolute atomic E-state index is 0. The van der Waals surface area contributed by atoms with Crippen LogP contribution in [0.5, 0.6) is 0 Å². The number of nitrogens with zero attached hydrogens (tertiary/aromatic N) is 1. The van der Waals surface area contributed by atoms with Gasteiger partial charge in [0.25, 0.3) is 0 Å². The minimum atomic E-state index is -0.618. The molecule has 1 aliphatic carbocycles. The highest BCUT2D eigenvalue weighted by atomic mass is 35.5. The molecule has 24 heavy (non-hydrogen) atoms. The molecule has 136 valence electrons. The van der Waals surface area contributed by atoms with Crippen LogP contribution in [-0.4, -0.2) is 36.0 Å². The molecule has 0 aromatic heterocycles. The first-order valence-electron chi connectivity index (χ1n) is 8.54. The monoisotopic (exact) mass is 373 g/mol. The zero-order valence-electron chi connectivity index (χ0n) is 14.1. The summed E-state index contributed by atoms with van der Waals surface area (Å²) in [6, 6.07) is 8.64. The second-order valence-corrected chi connectivity index (χ2v) is 6.77. The van der Waals surface area contributed by atoms with Crippen LogP contribution < -0.4 is 11.1 Å². The largest absolute Gasteiger partial charge is 0.353 e. The first kappa shape index (κ1) is 21.2. The zero-order chi connectivity index (χ0) is 15.4. The van der Waals surface area contributed by atoms with Crippen molar-refractivity contribution in [2.45, 2.75) is 50.6 Å². The summed E-state index contributed by atoms with van der Waals surface area (Å²) in [4.78, 5) is 14.7. The Labute approximate surface area is 157 Å². The van der Waals surface area contributed by atoms with E-state index in [9.17, 15) is 4.79 Å². The molecule has 1 amide bonds. The second kappa shape index (κ2) is 9.62. The van der Waals surface area contributed by atoms with Gasteiger partial charge in [0.15, 0.2) is 0 Å². The fourth-order valence-corrected chi connectivity index (χ4v) is 3.66. The average molecular weight is 374 g/mol. The van der Waals surface area contributed by atoms with E-state index in [1.165, 1.54) is 17.5 Å². The molecule has 3 rings (SSSR count). The van der Waals surface area contributed by atoms with Gasteiger partial charge in [-0.15, -0.1) is 24.8 Å². The van der Waals surface area contributed by atoms with Gasteiger partial charge < -0.3 is 11.1 Å². The quantitative estimate of drug-likeness (QED) is 0.852. The van der Waals surface area contributed by atoms with Crippen LogP contribution in [0.4, 0.5) is 0 Å². The van der Waals surface area contributed by atoms with Gasteiger partial charge in [0.05, 0.1) is 5.54 Å². The van der Waals surface area contributed by atoms with E-state index in [2.05, 4.69) is 34.5 Å². The van der Waals surface area contributed by atoms with Crippen molar-refractivity contribution in [3.05, 3.63) is 35.4 Å². The van der Waals surface area contributed by atoms with Crippen LogP contribution in [0.15, 0.2) is 24.3 Å². The van der Waals surface area contributed by atoms with Gasteiger partial charge >= 0.3 is 0 Å². The van der Waals surface area contributed by atoms with E-state index in [0.29, 0.717) is 6.54 Å². The number of halogens is 2. The highest BCUT2D eigenvalue weighted by Crippen LogP contribution is 2.26. The van der Waals surface area contributed by atoms with E-state index in [0.717, 1.165) is 51.7 Å². The van der Waals surface area contributed by atoms with Crippen LogP contribution in [0, 0.1) is 0 Å². The highest BCUT2D eigenvalue weighted by Gasteiger charge is 2.34. The lowest BCUT2D eigenvalue weighted by atomic mass is 9.82. The summed E-state index contributed by atoms with van der Waals surface area (Å²) >= 11 is 0. The van der Waals surface area contributed by atoms with E-state index >= 15 is 0 Å². The predicted octanol–water partition coefficient (Wildman–Crippen LogP) is 2.67. The fourth-order valence-electron chi connectivity index (χ4n) is 3.66. The fraction of sp³-hybridized carbons (Fsp3) is 0.611. The van der Waals surface area contributed by atoms with Crippen LogP contribution in [-0.2, 0) is 17.8 Å². The molecule has 0 radical (unpaired) electrons. The van der Waals surface area contributed by atoms with Crippen molar-refractivity contribution >= 4 is 30.7 Å². The number of rotatable bonds is 4. The van der Waals surface area contributed by atoms with Crippen LogP contribution in [0.25, 0.3) is 0 Å². The van der Waals surface area contributed by atoms with E-state index in [1.54, 1.807) is 0 Å². The topological polar surface area (TPSA) is 58.4 Å². The first-order chi connectivity index (χ1) is 10.7. The summed E-state index contributed by atoms with van der Waals surface area (Å²) in [5, 5.41) is 3.06. The Kier molecular flexibility index (Phi) is 8.51. The van der Waals surface area contributed by atoms with Crippen LogP contribution in [0.3, 0.4) is 0 Å². The van der Waals surface area contributed by atoms with Gasteiger partial charge in [-0.3, -0.25) is 9.69 Å². The Bertz CT molecular complexity index is 533. The molecule has 1 aliphatic heterocycles. The van der Waals surface area contributed by atoms with Crippen LogP contribution in [0.1, 0.15) is 43.2 Å². The Morgan fingerprint density at radius 3 is 2.50 bits per heavy atom. The maximum absolute atomic E-state index is 12.3. The lowest BCUT2D eigenvalue weighted by Gasteiger charge is -2.33. The van der Waals surface area contributed by atoms with E-state index in [4.69, 9.17) is 5.73 Å². The number of carbonyl (C=O) groups is 1. The number of nitrogens with two attached hydrogens (primary N) is 1. The van der Waals surface area contributed by atoms with Crippen LogP contribution in [0.2, 0.25) is 0 Å². The van der Waals surface area contributed by atoms with E-state index in [1.807, 2.05) is 0 Å². The van der Waals surface area contributed by atoms with Crippen molar-refractivity contribution in [1.29, 1.82) is 0 Å². The summed E-state index contributed by atoms with van der Waals surface area (Å²) in [5.41, 5.74) is 8.52. The molecule has 2 aliphatic rings. The lowest BCUT2D eigenvalue weighted by Crippen LogP contribution is -2.55. The molecular weight excluding hydrogens is 345 g/mol. The van der Waals surface area contributed by atoms with Gasteiger partial charge in [-0.2, -0.15) is 0 Å². The van der Waals surface area contributed by atoms with Gasteiger partial charge in [-0.05, 0) is 30.4 Å². The van der Waals surface area contributed by atoms with Gasteiger partial charge in [0.1, 0.15) is 0 Å². The maximum atomic E-state index is 12.3. The van der Waals surface area contributed by atoms with Gasteiger partial charge in [0, 0.05) is 26.2 Å². The highest BCUT2D eigenvalue weighted by molar-refractivity contribution is 5.86. The molecule has 0 unspecified atom stereocenters. The van der Waals surface area contributed by atoms with Crippen molar-refractivity contribution in [3.63, 3.8) is 0 Å². The third-order valence-electron chi connectivity index (χ3n) is 5.12. The van der Waals surface area contributed by atoms with Crippen LogP contribution >= 0.6 is 24.8 Å².